The van der Waals surface area contributed by atoms with E-state index in [-0.39, 0.29) is 11.5 Å². The van der Waals surface area contributed by atoms with Gasteiger partial charge in [0.2, 0.25) is 0 Å². The van der Waals surface area contributed by atoms with E-state index < -0.39 is 9.84 Å². The number of Topliss-reactive ketones (excluding diaryl/α,β-unsaturated/α-hetero) is 1. The first-order valence-corrected chi connectivity index (χ1v) is 7.96. The van der Waals surface area contributed by atoms with E-state index in [9.17, 15) is 13.2 Å². The lowest BCUT2D eigenvalue weighted by Gasteiger charge is -2.05. The van der Waals surface area contributed by atoms with Crippen LogP contribution in [0.15, 0.2) is 29.2 Å². The molecule has 3 nitrogen and oxygen atoms in total. The lowest BCUT2D eigenvalue weighted by atomic mass is 10.2. The van der Waals surface area contributed by atoms with Gasteiger partial charge in [0.15, 0.2) is 15.6 Å². The highest BCUT2D eigenvalue weighted by molar-refractivity contribution is 7.91. The molecule has 0 aliphatic heterocycles. The first-order valence-electron chi connectivity index (χ1n) is 6.31. The number of hydrogen-bond acceptors (Lipinski definition) is 3. The zero-order valence-corrected chi connectivity index (χ0v) is 11.8. The van der Waals surface area contributed by atoms with Crippen LogP contribution < -0.4 is 0 Å². The van der Waals surface area contributed by atoms with Gasteiger partial charge < -0.3 is 0 Å². The van der Waals surface area contributed by atoms with Crippen molar-refractivity contribution in [1.82, 2.24) is 0 Å². The van der Waals surface area contributed by atoms with Crippen molar-refractivity contribution in [3.63, 3.8) is 0 Å². The normalized spacial score (nSPS) is 11.4. The summed E-state index contributed by atoms with van der Waals surface area (Å²) in [6.07, 6.45) is 3.80. The van der Waals surface area contributed by atoms with Crippen LogP contribution in [0.25, 0.3) is 0 Å². The van der Waals surface area contributed by atoms with Crippen molar-refractivity contribution >= 4 is 15.6 Å². The van der Waals surface area contributed by atoms with Crippen molar-refractivity contribution in [2.75, 3.05) is 5.75 Å². The number of sulfone groups is 1. The highest BCUT2D eigenvalue weighted by Crippen LogP contribution is 2.15. The van der Waals surface area contributed by atoms with Crippen LogP contribution in [-0.2, 0) is 9.84 Å². The summed E-state index contributed by atoms with van der Waals surface area (Å²) in [4.78, 5) is 11.4. The van der Waals surface area contributed by atoms with Crippen LogP contribution in [0.1, 0.15) is 49.9 Å². The molecule has 0 aromatic heterocycles. The van der Waals surface area contributed by atoms with E-state index >= 15 is 0 Å². The second kappa shape index (κ2) is 6.69. The van der Waals surface area contributed by atoms with E-state index in [4.69, 9.17) is 0 Å². The Hall–Kier alpha value is -1.16. The smallest absolute Gasteiger partial charge is 0.178 e. The Kier molecular flexibility index (Phi) is 5.54. The third kappa shape index (κ3) is 4.26. The maximum atomic E-state index is 12.0. The number of rotatable bonds is 7. The molecule has 4 heteroatoms. The molecule has 0 bridgehead atoms. The van der Waals surface area contributed by atoms with Gasteiger partial charge in [0.25, 0.3) is 0 Å². The monoisotopic (exact) mass is 268 g/mol. The standard InChI is InChI=1S/C14H20O3S/c1-3-4-5-6-11-18(16,17)14-9-7-13(8-10-14)12(2)15/h7-10H,3-6,11H2,1-2H3. The topological polar surface area (TPSA) is 51.2 Å². The first-order chi connectivity index (χ1) is 8.47. The minimum atomic E-state index is -3.19. The van der Waals surface area contributed by atoms with Gasteiger partial charge in [-0.15, -0.1) is 0 Å². The summed E-state index contributed by atoms with van der Waals surface area (Å²) < 4.78 is 24.0. The maximum Gasteiger partial charge on any atom is 0.178 e. The third-order valence-corrected chi connectivity index (χ3v) is 4.70. The largest absolute Gasteiger partial charge is 0.295 e. The van der Waals surface area contributed by atoms with E-state index in [1.807, 2.05) is 0 Å². The molecular weight excluding hydrogens is 248 g/mol. The molecule has 0 unspecified atom stereocenters. The fraction of sp³-hybridized carbons (Fsp3) is 0.500. The van der Waals surface area contributed by atoms with Gasteiger partial charge in [0.05, 0.1) is 10.6 Å². The molecule has 0 aliphatic carbocycles. The summed E-state index contributed by atoms with van der Waals surface area (Å²) >= 11 is 0. The van der Waals surface area contributed by atoms with Crippen LogP contribution in [-0.4, -0.2) is 20.0 Å². The highest BCUT2D eigenvalue weighted by atomic mass is 32.2. The molecule has 100 valence electrons. The summed E-state index contributed by atoms with van der Waals surface area (Å²) in [6, 6.07) is 6.18. The Balaban J connectivity index is 2.70. The van der Waals surface area contributed by atoms with Crippen LogP contribution in [0.5, 0.6) is 0 Å². The summed E-state index contributed by atoms with van der Waals surface area (Å²) in [7, 11) is -3.19. The summed E-state index contributed by atoms with van der Waals surface area (Å²) in [5, 5.41) is 0. The molecule has 0 heterocycles. The predicted molar refractivity (Wildman–Crippen MR) is 72.6 cm³/mol. The predicted octanol–water partition coefficient (Wildman–Crippen LogP) is 3.24. The summed E-state index contributed by atoms with van der Waals surface area (Å²) in [5.74, 6) is 0.133. The lowest BCUT2D eigenvalue weighted by Crippen LogP contribution is -2.07. The molecule has 0 N–H and O–H groups in total. The van der Waals surface area contributed by atoms with Gasteiger partial charge in [-0.3, -0.25) is 4.79 Å². The summed E-state index contributed by atoms with van der Waals surface area (Å²) in [5.41, 5.74) is 0.542. The average molecular weight is 268 g/mol. The minimum Gasteiger partial charge on any atom is -0.295 e. The van der Waals surface area contributed by atoms with Crippen molar-refractivity contribution < 1.29 is 13.2 Å². The molecule has 0 saturated carbocycles. The molecule has 0 spiro atoms. The second-order valence-electron chi connectivity index (χ2n) is 4.46. The molecule has 1 aromatic carbocycles. The number of hydrogen-bond donors (Lipinski definition) is 0. The van der Waals surface area contributed by atoms with Gasteiger partial charge in [0.1, 0.15) is 0 Å². The van der Waals surface area contributed by atoms with Crippen LogP contribution in [0.4, 0.5) is 0 Å². The molecule has 0 aliphatic rings. The van der Waals surface area contributed by atoms with Gasteiger partial charge in [-0.05, 0) is 25.5 Å². The van der Waals surface area contributed by atoms with Crippen LogP contribution in [0.2, 0.25) is 0 Å². The van der Waals surface area contributed by atoms with E-state index in [0.717, 1.165) is 19.3 Å². The molecule has 18 heavy (non-hydrogen) atoms. The SMILES string of the molecule is CCCCCCS(=O)(=O)c1ccc(C(C)=O)cc1. The van der Waals surface area contributed by atoms with Crippen molar-refractivity contribution in [1.29, 1.82) is 0 Å². The highest BCUT2D eigenvalue weighted by Gasteiger charge is 2.13. The fourth-order valence-corrected chi connectivity index (χ4v) is 3.10. The van der Waals surface area contributed by atoms with Crippen molar-refractivity contribution in [3.05, 3.63) is 29.8 Å². The van der Waals surface area contributed by atoms with Crippen LogP contribution in [0.3, 0.4) is 0 Å². The number of carbonyl (C=O) groups is 1. The van der Waals surface area contributed by atoms with Crippen molar-refractivity contribution in [3.8, 4) is 0 Å². The Bertz CT molecular complexity index is 486. The molecule has 1 aromatic rings. The Morgan fingerprint density at radius 3 is 2.17 bits per heavy atom. The Morgan fingerprint density at radius 1 is 1.06 bits per heavy atom. The third-order valence-electron chi connectivity index (χ3n) is 2.89. The zero-order valence-electron chi connectivity index (χ0n) is 11.0. The van der Waals surface area contributed by atoms with Crippen molar-refractivity contribution in [2.24, 2.45) is 0 Å². The number of ketones is 1. The van der Waals surface area contributed by atoms with Gasteiger partial charge in [-0.2, -0.15) is 0 Å². The molecular formula is C14H20O3S. The van der Waals surface area contributed by atoms with E-state index in [0.29, 0.717) is 16.9 Å². The zero-order chi connectivity index (χ0) is 13.6. The molecule has 1 rings (SSSR count). The van der Waals surface area contributed by atoms with E-state index in [1.165, 1.54) is 19.1 Å². The average Bonchev–Trinajstić information content (AvgIpc) is 2.35. The van der Waals surface area contributed by atoms with E-state index in [2.05, 4.69) is 6.92 Å². The quantitative estimate of drug-likeness (QED) is 0.563. The van der Waals surface area contributed by atoms with Crippen LogP contribution in [0, 0.1) is 0 Å². The van der Waals surface area contributed by atoms with Gasteiger partial charge >= 0.3 is 0 Å². The second-order valence-corrected chi connectivity index (χ2v) is 6.57. The fourth-order valence-electron chi connectivity index (χ4n) is 1.73. The van der Waals surface area contributed by atoms with Gasteiger partial charge in [-0.1, -0.05) is 38.3 Å². The molecule has 0 fully saturated rings. The van der Waals surface area contributed by atoms with Gasteiger partial charge in [0, 0.05) is 5.56 Å². The summed E-state index contributed by atoms with van der Waals surface area (Å²) in [6.45, 7) is 3.56. The number of benzene rings is 1. The molecule has 0 saturated heterocycles. The van der Waals surface area contributed by atoms with Gasteiger partial charge in [-0.25, -0.2) is 8.42 Å². The number of carbonyl (C=O) groups excluding carboxylic acids is 1. The van der Waals surface area contributed by atoms with Crippen molar-refractivity contribution in [2.45, 2.75) is 44.4 Å². The minimum absolute atomic E-state index is 0.0538. The van der Waals surface area contributed by atoms with Crippen LogP contribution >= 0.6 is 0 Å². The number of unbranched alkanes of at least 4 members (excludes halogenated alkanes) is 3. The van der Waals surface area contributed by atoms with E-state index in [1.54, 1.807) is 12.1 Å². The Labute approximate surface area is 109 Å². The molecule has 0 amide bonds. The lowest BCUT2D eigenvalue weighted by molar-refractivity contribution is 0.101. The first kappa shape index (κ1) is 14.9. The Morgan fingerprint density at radius 2 is 1.67 bits per heavy atom. The molecule has 0 atom stereocenters. The molecule has 0 radical (unpaired) electrons. The maximum absolute atomic E-state index is 12.0.